The Bertz CT molecular complexity index is 988. The van der Waals surface area contributed by atoms with Crippen LogP contribution in [0.15, 0.2) is 60.7 Å². The fraction of sp³-hybridized carbons (Fsp3) is 0.143. The number of carbonyl (C=O) groups excluding carboxylic acids is 2. The molecule has 0 bridgehead atoms. The summed E-state index contributed by atoms with van der Waals surface area (Å²) >= 11 is 0. The van der Waals surface area contributed by atoms with Crippen LogP contribution < -0.4 is 15.4 Å². The van der Waals surface area contributed by atoms with Crippen LogP contribution in [0.2, 0.25) is 0 Å². The van der Waals surface area contributed by atoms with Gasteiger partial charge in [-0.2, -0.15) is 0 Å². The van der Waals surface area contributed by atoms with Gasteiger partial charge in [0.2, 0.25) is 0 Å². The minimum absolute atomic E-state index is 0.163. The predicted octanol–water partition coefficient (Wildman–Crippen LogP) is 3.66. The summed E-state index contributed by atoms with van der Waals surface area (Å²) in [7, 11) is 1.59. The molecule has 148 valence electrons. The Kier molecular flexibility index (Phi) is 6.36. The van der Waals surface area contributed by atoms with E-state index < -0.39 is 11.9 Å². The van der Waals surface area contributed by atoms with Crippen molar-refractivity contribution in [1.29, 1.82) is 0 Å². The maximum absolute atomic E-state index is 12.3. The van der Waals surface area contributed by atoms with Crippen molar-refractivity contribution in [3.8, 4) is 5.75 Å². The van der Waals surface area contributed by atoms with Crippen molar-refractivity contribution < 1.29 is 19.1 Å². The molecule has 0 aliphatic heterocycles. The number of esters is 1. The molecule has 3 rings (SSSR count). The van der Waals surface area contributed by atoms with Crippen LogP contribution in [0.3, 0.4) is 0 Å². The van der Waals surface area contributed by atoms with E-state index in [0.29, 0.717) is 29.4 Å². The third kappa shape index (κ3) is 5.29. The molecular weight excluding hydrogens is 372 g/mol. The van der Waals surface area contributed by atoms with Gasteiger partial charge in [0.1, 0.15) is 5.75 Å². The Hall–Kier alpha value is -3.94. The molecule has 29 heavy (non-hydrogen) atoms. The van der Waals surface area contributed by atoms with Gasteiger partial charge in [0, 0.05) is 17.4 Å². The van der Waals surface area contributed by atoms with Gasteiger partial charge in [-0.15, -0.1) is 10.2 Å². The number of hydrogen-bond donors (Lipinski definition) is 2. The molecule has 0 saturated heterocycles. The van der Waals surface area contributed by atoms with Crippen molar-refractivity contribution in [2.24, 2.45) is 0 Å². The van der Waals surface area contributed by atoms with Gasteiger partial charge in [0.25, 0.3) is 5.91 Å². The summed E-state index contributed by atoms with van der Waals surface area (Å²) in [5, 5.41) is 13.8. The van der Waals surface area contributed by atoms with Crippen LogP contribution in [0.1, 0.15) is 27.8 Å². The monoisotopic (exact) mass is 392 g/mol. The number of benzene rings is 2. The van der Waals surface area contributed by atoms with Crippen molar-refractivity contribution in [2.45, 2.75) is 6.92 Å². The van der Waals surface area contributed by atoms with Crippen molar-refractivity contribution in [3.63, 3.8) is 0 Å². The van der Waals surface area contributed by atoms with Crippen molar-refractivity contribution in [3.05, 3.63) is 71.9 Å². The Morgan fingerprint density at radius 3 is 2.41 bits per heavy atom. The average Bonchev–Trinajstić information content (AvgIpc) is 2.75. The molecule has 0 fully saturated rings. The lowest BCUT2D eigenvalue weighted by atomic mass is 10.2. The van der Waals surface area contributed by atoms with Gasteiger partial charge in [0.15, 0.2) is 11.5 Å². The van der Waals surface area contributed by atoms with Gasteiger partial charge >= 0.3 is 5.97 Å². The van der Waals surface area contributed by atoms with Crippen molar-refractivity contribution >= 4 is 29.1 Å². The van der Waals surface area contributed by atoms with E-state index in [0.717, 1.165) is 5.69 Å². The Morgan fingerprint density at radius 2 is 1.76 bits per heavy atom. The largest absolute Gasteiger partial charge is 0.497 e. The molecule has 2 N–H and O–H groups in total. The predicted molar refractivity (Wildman–Crippen MR) is 109 cm³/mol. The van der Waals surface area contributed by atoms with E-state index in [4.69, 9.17) is 9.47 Å². The van der Waals surface area contributed by atoms with E-state index >= 15 is 0 Å². The van der Waals surface area contributed by atoms with Gasteiger partial charge in [0.05, 0.1) is 19.3 Å². The minimum atomic E-state index is -0.408. The summed E-state index contributed by atoms with van der Waals surface area (Å²) in [6, 6.07) is 17.0. The van der Waals surface area contributed by atoms with Gasteiger partial charge in [-0.05, 0) is 55.5 Å². The Morgan fingerprint density at radius 1 is 0.966 bits per heavy atom. The minimum Gasteiger partial charge on any atom is -0.497 e. The molecule has 0 atom stereocenters. The first-order chi connectivity index (χ1) is 14.1. The normalized spacial score (nSPS) is 10.1. The molecule has 1 heterocycles. The van der Waals surface area contributed by atoms with Gasteiger partial charge < -0.3 is 20.1 Å². The van der Waals surface area contributed by atoms with Crippen LogP contribution in [0.5, 0.6) is 5.75 Å². The summed E-state index contributed by atoms with van der Waals surface area (Å²) in [6.07, 6.45) is 0. The lowest BCUT2D eigenvalue weighted by Gasteiger charge is -2.08. The number of anilines is 3. The number of ether oxygens (including phenoxy) is 2. The smallest absolute Gasteiger partial charge is 0.338 e. The number of rotatable bonds is 7. The zero-order valence-electron chi connectivity index (χ0n) is 16.0. The Labute approximate surface area is 167 Å². The van der Waals surface area contributed by atoms with Crippen LogP contribution >= 0.6 is 0 Å². The number of aromatic nitrogens is 2. The second-order valence-electron chi connectivity index (χ2n) is 5.91. The fourth-order valence-electron chi connectivity index (χ4n) is 2.47. The zero-order chi connectivity index (χ0) is 20.6. The summed E-state index contributed by atoms with van der Waals surface area (Å²) in [4.78, 5) is 24.0. The molecule has 1 aromatic heterocycles. The van der Waals surface area contributed by atoms with Crippen molar-refractivity contribution in [1.82, 2.24) is 10.2 Å². The molecule has 0 aliphatic carbocycles. The first-order valence-corrected chi connectivity index (χ1v) is 8.92. The highest BCUT2D eigenvalue weighted by Gasteiger charge is 2.11. The standard InChI is InChI=1S/C21H20N4O4/c1-3-29-21(27)14-7-9-15(10-8-14)23-20(26)18-11-12-19(25-24-18)22-16-5-4-6-17(13-16)28-2/h4-13H,3H2,1-2H3,(H,22,25)(H,23,26). The molecule has 3 aromatic rings. The average molecular weight is 392 g/mol. The summed E-state index contributed by atoms with van der Waals surface area (Å²) in [5.74, 6) is 0.395. The van der Waals surface area contributed by atoms with Gasteiger partial charge in [-0.25, -0.2) is 4.79 Å². The molecular formula is C21H20N4O4. The molecule has 0 saturated carbocycles. The molecule has 8 heteroatoms. The molecule has 1 amide bonds. The first kappa shape index (κ1) is 19.8. The molecule has 8 nitrogen and oxygen atoms in total. The summed E-state index contributed by atoms with van der Waals surface area (Å²) < 4.78 is 10.1. The SMILES string of the molecule is CCOC(=O)c1ccc(NC(=O)c2ccc(Nc3cccc(OC)c3)nn2)cc1. The first-order valence-electron chi connectivity index (χ1n) is 8.92. The van der Waals surface area contributed by atoms with E-state index in [1.54, 1.807) is 50.4 Å². The highest BCUT2D eigenvalue weighted by Crippen LogP contribution is 2.20. The lowest BCUT2D eigenvalue weighted by Crippen LogP contribution is -2.14. The lowest BCUT2D eigenvalue weighted by molar-refractivity contribution is 0.0526. The van der Waals surface area contributed by atoms with E-state index in [2.05, 4.69) is 20.8 Å². The van der Waals surface area contributed by atoms with Crippen LogP contribution in [-0.2, 0) is 4.74 Å². The topological polar surface area (TPSA) is 102 Å². The van der Waals surface area contributed by atoms with E-state index in [1.807, 2.05) is 24.3 Å². The highest BCUT2D eigenvalue weighted by molar-refractivity contribution is 6.03. The number of methoxy groups -OCH3 is 1. The summed E-state index contributed by atoms with van der Waals surface area (Å²) in [5.41, 5.74) is 1.90. The summed E-state index contributed by atoms with van der Waals surface area (Å²) in [6.45, 7) is 2.05. The van der Waals surface area contributed by atoms with Gasteiger partial charge in [-0.3, -0.25) is 4.79 Å². The van der Waals surface area contributed by atoms with Crippen LogP contribution in [0.25, 0.3) is 0 Å². The maximum atomic E-state index is 12.3. The molecule has 0 spiro atoms. The second kappa shape index (κ2) is 9.32. The molecule has 0 radical (unpaired) electrons. The zero-order valence-corrected chi connectivity index (χ0v) is 16.0. The van der Waals surface area contributed by atoms with Crippen LogP contribution in [0.4, 0.5) is 17.2 Å². The number of nitrogens with one attached hydrogen (secondary N) is 2. The molecule has 0 unspecified atom stereocenters. The maximum Gasteiger partial charge on any atom is 0.338 e. The number of carbonyl (C=O) groups is 2. The van der Waals surface area contributed by atoms with Crippen LogP contribution in [0, 0.1) is 0 Å². The van der Waals surface area contributed by atoms with Crippen molar-refractivity contribution in [2.75, 3.05) is 24.4 Å². The van der Waals surface area contributed by atoms with E-state index in [9.17, 15) is 9.59 Å². The van der Waals surface area contributed by atoms with E-state index in [1.165, 1.54) is 0 Å². The van der Waals surface area contributed by atoms with Gasteiger partial charge in [-0.1, -0.05) is 6.07 Å². The number of hydrogen-bond acceptors (Lipinski definition) is 7. The molecule has 2 aromatic carbocycles. The van der Waals surface area contributed by atoms with Crippen LogP contribution in [-0.4, -0.2) is 35.8 Å². The molecule has 0 aliphatic rings. The number of nitrogens with zero attached hydrogens (tertiary/aromatic N) is 2. The fourth-order valence-corrected chi connectivity index (χ4v) is 2.47. The second-order valence-corrected chi connectivity index (χ2v) is 5.91. The quantitative estimate of drug-likeness (QED) is 0.592. The Balaban J connectivity index is 1.62. The third-order valence-electron chi connectivity index (χ3n) is 3.89. The highest BCUT2D eigenvalue weighted by atomic mass is 16.5. The third-order valence-corrected chi connectivity index (χ3v) is 3.89. The van der Waals surface area contributed by atoms with E-state index in [-0.39, 0.29) is 5.69 Å². The number of amides is 1.